The summed E-state index contributed by atoms with van der Waals surface area (Å²) in [7, 11) is 0. The van der Waals surface area contributed by atoms with Crippen LogP contribution in [0.2, 0.25) is 5.02 Å². The molecule has 1 unspecified atom stereocenters. The van der Waals surface area contributed by atoms with Gasteiger partial charge in [0.1, 0.15) is 0 Å². The summed E-state index contributed by atoms with van der Waals surface area (Å²) in [5, 5.41) is 4.32. The zero-order valence-corrected chi connectivity index (χ0v) is 12.8. The van der Waals surface area contributed by atoms with E-state index in [-0.39, 0.29) is 0 Å². The molecule has 0 saturated heterocycles. The highest BCUT2D eigenvalue weighted by atomic mass is 35.5. The Kier molecular flexibility index (Phi) is 5.32. The van der Waals surface area contributed by atoms with Crippen LogP contribution >= 0.6 is 23.4 Å². The Bertz CT molecular complexity index is 525. The van der Waals surface area contributed by atoms with Gasteiger partial charge in [-0.15, -0.1) is 11.8 Å². The number of rotatable bonds is 5. The predicted molar refractivity (Wildman–Crippen MR) is 84.9 cm³/mol. The van der Waals surface area contributed by atoms with Crippen LogP contribution in [-0.2, 0) is 6.54 Å². The fourth-order valence-electron chi connectivity index (χ4n) is 1.92. The van der Waals surface area contributed by atoms with E-state index < -0.39 is 0 Å². The maximum atomic E-state index is 6.15. The molecule has 1 nitrogen and oxygen atoms in total. The normalized spacial score (nSPS) is 12.4. The van der Waals surface area contributed by atoms with E-state index in [0.29, 0.717) is 6.04 Å². The summed E-state index contributed by atoms with van der Waals surface area (Å²) in [6.07, 6.45) is 2.09. The highest BCUT2D eigenvalue weighted by molar-refractivity contribution is 7.98. The van der Waals surface area contributed by atoms with Crippen molar-refractivity contribution < 1.29 is 0 Å². The monoisotopic (exact) mass is 291 g/mol. The van der Waals surface area contributed by atoms with Crippen molar-refractivity contribution >= 4 is 23.4 Å². The van der Waals surface area contributed by atoms with Crippen LogP contribution in [0.25, 0.3) is 0 Å². The minimum atomic E-state index is 0.312. The topological polar surface area (TPSA) is 12.0 Å². The lowest BCUT2D eigenvalue weighted by atomic mass is 10.1. The van der Waals surface area contributed by atoms with E-state index in [2.05, 4.69) is 48.8 Å². The molecule has 0 fully saturated rings. The first-order valence-electron chi connectivity index (χ1n) is 6.31. The standard InChI is InChI=1S/C16H18ClNS/c1-12(13-7-9-15(19-2)10-8-13)18-11-14-5-3-4-6-16(14)17/h3-10,12,18H,11H2,1-2H3. The summed E-state index contributed by atoms with van der Waals surface area (Å²) < 4.78 is 0. The summed E-state index contributed by atoms with van der Waals surface area (Å²) >= 11 is 7.91. The largest absolute Gasteiger partial charge is 0.306 e. The molecular formula is C16H18ClNS. The molecule has 0 spiro atoms. The van der Waals surface area contributed by atoms with Gasteiger partial charge in [-0.1, -0.05) is 41.9 Å². The van der Waals surface area contributed by atoms with Crippen LogP contribution in [0, 0.1) is 0 Å². The first-order chi connectivity index (χ1) is 9.20. The summed E-state index contributed by atoms with van der Waals surface area (Å²) in [5.41, 5.74) is 2.43. The van der Waals surface area contributed by atoms with E-state index in [0.717, 1.165) is 17.1 Å². The van der Waals surface area contributed by atoms with Crippen molar-refractivity contribution in [3.8, 4) is 0 Å². The van der Waals surface area contributed by atoms with Crippen LogP contribution < -0.4 is 5.32 Å². The van der Waals surface area contributed by atoms with Crippen molar-refractivity contribution in [2.45, 2.75) is 24.4 Å². The Morgan fingerprint density at radius 3 is 2.42 bits per heavy atom. The van der Waals surface area contributed by atoms with Crippen LogP contribution in [0.15, 0.2) is 53.4 Å². The molecule has 2 aromatic carbocycles. The highest BCUT2D eigenvalue weighted by Gasteiger charge is 2.06. The fraction of sp³-hybridized carbons (Fsp3) is 0.250. The minimum Gasteiger partial charge on any atom is -0.306 e. The maximum Gasteiger partial charge on any atom is 0.0450 e. The van der Waals surface area contributed by atoms with Crippen LogP contribution in [0.3, 0.4) is 0 Å². The average Bonchev–Trinajstić information content (AvgIpc) is 2.46. The van der Waals surface area contributed by atoms with E-state index in [1.807, 2.05) is 18.2 Å². The molecule has 0 aliphatic carbocycles. The van der Waals surface area contributed by atoms with Crippen LogP contribution in [0.1, 0.15) is 24.1 Å². The second kappa shape index (κ2) is 6.99. The van der Waals surface area contributed by atoms with Gasteiger partial charge in [0.25, 0.3) is 0 Å². The molecule has 0 saturated carbocycles. The zero-order chi connectivity index (χ0) is 13.7. The number of nitrogens with one attached hydrogen (secondary N) is 1. The molecular weight excluding hydrogens is 274 g/mol. The summed E-state index contributed by atoms with van der Waals surface area (Å²) in [4.78, 5) is 1.29. The Hall–Kier alpha value is -0.960. The van der Waals surface area contributed by atoms with Gasteiger partial charge >= 0.3 is 0 Å². The van der Waals surface area contributed by atoms with Crippen LogP contribution in [0.5, 0.6) is 0 Å². The van der Waals surface area contributed by atoms with E-state index in [9.17, 15) is 0 Å². The van der Waals surface area contributed by atoms with E-state index >= 15 is 0 Å². The number of halogens is 1. The average molecular weight is 292 g/mol. The summed E-state index contributed by atoms with van der Waals surface area (Å²) in [5.74, 6) is 0. The molecule has 2 aromatic rings. The van der Waals surface area contributed by atoms with Gasteiger partial charge in [0.15, 0.2) is 0 Å². The van der Waals surface area contributed by atoms with Gasteiger partial charge in [-0.25, -0.2) is 0 Å². The van der Waals surface area contributed by atoms with Gasteiger partial charge in [-0.3, -0.25) is 0 Å². The summed E-state index contributed by atoms with van der Waals surface area (Å²) in [6, 6.07) is 16.9. The molecule has 0 aliphatic rings. The van der Waals surface area contributed by atoms with Gasteiger partial charge in [0.05, 0.1) is 0 Å². The van der Waals surface area contributed by atoms with Crippen molar-refractivity contribution in [3.63, 3.8) is 0 Å². The third-order valence-corrected chi connectivity index (χ3v) is 4.28. The van der Waals surface area contributed by atoms with Crippen molar-refractivity contribution in [2.24, 2.45) is 0 Å². The lowest BCUT2D eigenvalue weighted by molar-refractivity contribution is 0.574. The van der Waals surface area contributed by atoms with Crippen molar-refractivity contribution in [1.29, 1.82) is 0 Å². The first kappa shape index (κ1) is 14.4. The minimum absolute atomic E-state index is 0.312. The van der Waals surface area contributed by atoms with Crippen LogP contribution in [-0.4, -0.2) is 6.26 Å². The predicted octanol–water partition coefficient (Wildman–Crippen LogP) is 4.91. The molecule has 1 N–H and O–H groups in total. The maximum absolute atomic E-state index is 6.15. The number of benzene rings is 2. The highest BCUT2D eigenvalue weighted by Crippen LogP contribution is 2.20. The molecule has 0 aromatic heterocycles. The molecule has 0 amide bonds. The fourth-order valence-corrected chi connectivity index (χ4v) is 2.53. The van der Waals surface area contributed by atoms with Gasteiger partial charge in [-0.05, 0) is 42.5 Å². The molecule has 0 bridgehead atoms. The van der Waals surface area contributed by atoms with Gasteiger partial charge in [0.2, 0.25) is 0 Å². The summed E-state index contributed by atoms with van der Waals surface area (Å²) in [6.45, 7) is 2.95. The van der Waals surface area contributed by atoms with E-state index in [1.165, 1.54) is 10.5 Å². The number of thioether (sulfide) groups is 1. The molecule has 1 atom stereocenters. The smallest absolute Gasteiger partial charge is 0.0450 e. The Balaban J connectivity index is 1.97. The van der Waals surface area contributed by atoms with E-state index in [1.54, 1.807) is 11.8 Å². The first-order valence-corrected chi connectivity index (χ1v) is 7.91. The van der Waals surface area contributed by atoms with Gasteiger partial charge < -0.3 is 5.32 Å². The molecule has 100 valence electrons. The third kappa shape index (κ3) is 4.00. The molecule has 19 heavy (non-hydrogen) atoms. The quantitative estimate of drug-likeness (QED) is 0.785. The molecule has 2 rings (SSSR count). The molecule has 3 heteroatoms. The Morgan fingerprint density at radius 2 is 1.79 bits per heavy atom. The van der Waals surface area contributed by atoms with E-state index in [4.69, 9.17) is 11.6 Å². The molecule has 0 radical (unpaired) electrons. The van der Waals surface area contributed by atoms with Gasteiger partial charge in [0, 0.05) is 22.5 Å². The van der Waals surface area contributed by atoms with Gasteiger partial charge in [-0.2, -0.15) is 0 Å². The third-order valence-electron chi connectivity index (χ3n) is 3.17. The molecule has 0 aliphatic heterocycles. The van der Waals surface area contributed by atoms with Crippen LogP contribution in [0.4, 0.5) is 0 Å². The lowest BCUT2D eigenvalue weighted by Crippen LogP contribution is -2.18. The van der Waals surface area contributed by atoms with Crippen molar-refractivity contribution in [1.82, 2.24) is 5.32 Å². The number of hydrogen-bond acceptors (Lipinski definition) is 2. The molecule has 0 heterocycles. The van der Waals surface area contributed by atoms with Crippen molar-refractivity contribution in [3.05, 3.63) is 64.7 Å². The van der Waals surface area contributed by atoms with Crippen molar-refractivity contribution in [2.75, 3.05) is 6.26 Å². The second-order valence-corrected chi connectivity index (χ2v) is 5.75. The SMILES string of the molecule is CSc1ccc(C(C)NCc2ccccc2Cl)cc1. The second-order valence-electron chi connectivity index (χ2n) is 4.47. The lowest BCUT2D eigenvalue weighted by Gasteiger charge is -2.15. The number of hydrogen-bond donors (Lipinski definition) is 1. The Morgan fingerprint density at radius 1 is 1.11 bits per heavy atom. The zero-order valence-electron chi connectivity index (χ0n) is 11.2. The Labute approximate surface area is 124 Å².